The second kappa shape index (κ2) is 38.4. The molecule has 0 saturated carbocycles. The number of hydrogen-bond donors (Lipinski definition) is 19. The van der Waals surface area contributed by atoms with Crippen LogP contribution in [-0.2, 0) is 47.4 Å². The fraction of sp³-hybridized carbons (Fsp3) is 0.981. The molecule has 19 N–H and O–H groups in total. The third-order valence-corrected chi connectivity index (χ3v) is 20.9. The van der Waals surface area contributed by atoms with Gasteiger partial charge in [-0.3, -0.25) is 0 Å². The summed E-state index contributed by atoms with van der Waals surface area (Å²) in [7, 11) is 0. The highest BCUT2D eigenvalue weighted by Crippen LogP contribution is 2.37. The average molecular weight is 1340 g/mol. The molecular formula is C52H94N2O27S5. The number of aliphatic hydroxyl groups is 17. The minimum Gasteiger partial charge on any atom is -0.394 e. The van der Waals surface area contributed by atoms with E-state index in [2.05, 4.69) is 10.6 Å². The van der Waals surface area contributed by atoms with E-state index in [-0.39, 0.29) is 57.9 Å². The molecule has 8 fully saturated rings. The summed E-state index contributed by atoms with van der Waals surface area (Å²) in [5, 5.41) is 184. The molecule has 8 aliphatic heterocycles. The maximum absolute atomic E-state index is 11.4. The van der Waals surface area contributed by atoms with Crippen molar-refractivity contribution >= 4 is 64.4 Å². The summed E-state index contributed by atoms with van der Waals surface area (Å²) in [4.78, 5) is 0. The minimum absolute atomic E-state index is 0.0541. The first-order chi connectivity index (χ1) is 41.3. The Morgan fingerprint density at radius 1 is 0.453 bits per heavy atom. The van der Waals surface area contributed by atoms with Crippen LogP contribution in [0.4, 0.5) is 0 Å². The first kappa shape index (κ1) is 75.0. The molecule has 0 aromatic carbocycles. The number of hydrogen-bond acceptors (Lipinski definition) is 32. The zero-order valence-corrected chi connectivity index (χ0v) is 51.9. The minimum atomic E-state index is -1.57. The van der Waals surface area contributed by atoms with E-state index in [0.29, 0.717) is 80.3 Å². The zero-order valence-electron chi connectivity index (χ0n) is 47.8. The standard InChI is InChI=1S/C52H94N2O27S5/c55-17-27-33(60)36(63)42(69)48(78-27)84-13-4-9-72-23-52(24-73-10-5-14-85-49-43(70)37(64)34(61)28(18-56)79-49,25-74-11-6-15-86-50-44(71)38(65)35(62)29(19-57)80-50)22-54-51(82)53-8-16-83-21-31-26-7-2-1-3-12-75-46-41(68)39(66)45(30(20-58)76-46)81-47(77-31)40(67)32(26)59/h26-50,55-71H,1-25H2,(H2,53,54,82)/t26-,27?,28?,29?,30?,31?,32-,33-,34-,35-,36-,37-,38-,39+,40?,41?,42?,43?,44?,45-,46+,47-,48-,49-,50-,52?/m0/s1. The van der Waals surface area contributed by atoms with Crippen LogP contribution in [0.3, 0.4) is 0 Å². The van der Waals surface area contributed by atoms with Crippen molar-refractivity contribution in [2.45, 2.75) is 190 Å². The molecule has 8 aliphatic rings. The van der Waals surface area contributed by atoms with Crippen LogP contribution in [-0.4, -0.2) is 351 Å². The Balaban J connectivity index is 1.07. The smallest absolute Gasteiger partial charge is 0.186 e. The molecule has 0 aromatic heterocycles. The Kier molecular flexibility index (Phi) is 33.5. The maximum atomic E-state index is 11.4. The number of thiocarbonyl (C=S) groups is 1. The summed E-state index contributed by atoms with van der Waals surface area (Å²) in [5.74, 6) is 1.54. The van der Waals surface area contributed by atoms with Gasteiger partial charge in [-0.2, -0.15) is 11.8 Å². The highest BCUT2D eigenvalue weighted by Gasteiger charge is 2.52. The molecule has 0 amide bonds. The van der Waals surface area contributed by atoms with Crippen LogP contribution in [0.5, 0.6) is 0 Å². The Morgan fingerprint density at radius 2 is 0.907 bits per heavy atom. The van der Waals surface area contributed by atoms with E-state index < -0.39 is 183 Å². The molecule has 0 radical (unpaired) electrons. The van der Waals surface area contributed by atoms with Crippen LogP contribution in [0, 0.1) is 11.3 Å². The Hall–Kier alpha value is 0.01000. The molecule has 8 saturated heterocycles. The zero-order chi connectivity index (χ0) is 62.5. The predicted molar refractivity (Wildman–Crippen MR) is 315 cm³/mol. The number of aliphatic hydroxyl groups excluding tert-OH is 17. The highest BCUT2D eigenvalue weighted by molar-refractivity contribution is 8.00. The molecule has 8 heterocycles. The van der Waals surface area contributed by atoms with Crippen molar-refractivity contribution in [1.29, 1.82) is 0 Å². The van der Waals surface area contributed by atoms with Crippen LogP contribution in [0.2, 0.25) is 0 Å². The van der Waals surface area contributed by atoms with Crippen molar-refractivity contribution in [3.63, 3.8) is 0 Å². The summed E-state index contributed by atoms with van der Waals surface area (Å²) >= 11 is 10.8. The Morgan fingerprint density at radius 3 is 1.37 bits per heavy atom. The van der Waals surface area contributed by atoms with E-state index in [1.807, 2.05) is 0 Å². The van der Waals surface area contributed by atoms with Crippen LogP contribution >= 0.6 is 59.3 Å². The molecular weight excluding hydrogens is 1240 g/mol. The first-order valence-corrected chi connectivity index (χ1v) is 34.0. The molecule has 10 unspecified atom stereocenters. The second-order valence-electron chi connectivity index (χ2n) is 22.3. The average Bonchev–Trinajstić information content (AvgIpc) is 2.64. The van der Waals surface area contributed by atoms with E-state index in [0.717, 1.165) is 0 Å². The van der Waals surface area contributed by atoms with Gasteiger partial charge in [0.25, 0.3) is 0 Å². The van der Waals surface area contributed by atoms with Crippen LogP contribution in [0.15, 0.2) is 0 Å². The van der Waals surface area contributed by atoms with Gasteiger partial charge in [0.2, 0.25) is 0 Å². The number of nitrogens with one attached hydrogen (secondary N) is 2. The van der Waals surface area contributed by atoms with E-state index in [1.165, 1.54) is 47.0 Å². The fourth-order valence-electron chi connectivity index (χ4n) is 10.6. The van der Waals surface area contributed by atoms with Crippen molar-refractivity contribution in [3.05, 3.63) is 0 Å². The van der Waals surface area contributed by atoms with Gasteiger partial charge in [0, 0.05) is 56.9 Å². The molecule has 0 spiro atoms. The lowest BCUT2D eigenvalue weighted by atomic mass is 9.85. The number of thioether (sulfide) groups is 4. The lowest BCUT2D eigenvalue weighted by Crippen LogP contribution is -2.63. The molecule has 86 heavy (non-hydrogen) atoms. The van der Waals surface area contributed by atoms with Gasteiger partial charge < -0.3 is 145 Å². The lowest BCUT2D eigenvalue weighted by molar-refractivity contribution is -0.353. The van der Waals surface area contributed by atoms with Gasteiger partial charge in [-0.1, -0.05) is 12.8 Å². The summed E-state index contributed by atoms with van der Waals surface area (Å²) < 4.78 is 59.6. The molecule has 0 aliphatic carbocycles. The lowest BCUT2D eigenvalue weighted by Gasteiger charge is -2.47. The van der Waals surface area contributed by atoms with Crippen molar-refractivity contribution in [1.82, 2.24) is 10.6 Å². The third-order valence-electron chi connectivity index (χ3n) is 15.8. The molecule has 4 bridgehead atoms. The van der Waals surface area contributed by atoms with Crippen molar-refractivity contribution in [3.8, 4) is 0 Å². The third kappa shape index (κ3) is 21.3. The van der Waals surface area contributed by atoms with Crippen LogP contribution in [0.25, 0.3) is 0 Å². The summed E-state index contributed by atoms with van der Waals surface area (Å²) in [6, 6.07) is 0. The fourth-order valence-corrected chi connectivity index (χ4v) is 15.0. The number of rotatable bonds is 32. The number of fused-ring (bicyclic) bond motifs is 2. The first-order valence-electron chi connectivity index (χ1n) is 29.3. The quantitative estimate of drug-likeness (QED) is 0.0220. The molecule has 0 aromatic rings. The van der Waals surface area contributed by atoms with Gasteiger partial charge in [-0.15, -0.1) is 35.3 Å². The maximum Gasteiger partial charge on any atom is 0.186 e. The monoisotopic (exact) mass is 1340 g/mol. The van der Waals surface area contributed by atoms with E-state index in [1.54, 1.807) is 0 Å². The number of ether oxygens (including phenoxy) is 10. The van der Waals surface area contributed by atoms with Crippen molar-refractivity contribution in [2.24, 2.45) is 11.3 Å². The normalized spacial score (nSPS) is 40.6. The molecule has 34 heteroatoms. The second-order valence-corrected chi connectivity index (χ2v) is 27.5. The largest absolute Gasteiger partial charge is 0.394 e. The van der Waals surface area contributed by atoms with E-state index in [4.69, 9.17) is 59.6 Å². The topological polar surface area (TPSA) is 460 Å². The predicted octanol–water partition coefficient (Wildman–Crippen LogP) is -6.53. The summed E-state index contributed by atoms with van der Waals surface area (Å²) in [5.41, 5.74) is -3.74. The van der Waals surface area contributed by atoms with Gasteiger partial charge in [-0.25, -0.2) is 0 Å². The Bertz CT molecular complexity index is 1780. The summed E-state index contributed by atoms with van der Waals surface area (Å²) in [6.45, 7) is -0.808. The van der Waals surface area contributed by atoms with Gasteiger partial charge in [0.15, 0.2) is 17.7 Å². The van der Waals surface area contributed by atoms with Gasteiger partial charge >= 0.3 is 0 Å². The van der Waals surface area contributed by atoms with Gasteiger partial charge in [-0.05, 0) is 61.6 Å². The molecule has 29 nitrogen and oxygen atoms in total. The Labute approximate surface area is 522 Å². The van der Waals surface area contributed by atoms with Crippen molar-refractivity contribution in [2.75, 3.05) is 115 Å². The highest BCUT2D eigenvalue weighted by atomic mass is 32.2. The van der Waals surface area contributed by atoms with Gasteiger partial charge in [0.05, 0.1) is 63.9 Å². The SMILES string of the molecule is OCC1O[C@@H](SCCCOCC(CNC(=S)NCCSCC2O[C@H]3O[C@H]4C(CO)O[C@@H](OCCCCC[C@@H]2[C@H](O)C3O)C(O)[C@H]4O)(COCCCS[C@@H]2OC(CO)[C@H](O)[C@H](O)C2O)COCCCS[C@@H]2OC(CO)[C@H](O)[C@H](O)C2O)C(O)[C@@H](O)[C@H]1O. The van der Waals surface area contributed by atoms with Crippen molar-refractivity contribution < 1.29 is 134 Å². The van der Waals surface area contributed by atoms with E-state index in [9.17, 15) is 86.8 Å². The van der Waals surface area contributed by atoms with Crippen LogP contribution in [0.1, 0.15) is 44.9 Å². The summed E-state index contributed by atoms with van der Waals surface area (Å²) in [6.07, 6.45) is -24.3. The molecule has 8 rings (SSSR count). The van der Waals surface area contributed by atoms with Crippen LogP contribution < -0.4 is 10.6 Å². The van der Waals surface area contributed by atoms with E-state index >= 15 is 0 Å². The van der Waals surface area contributed by atoms with Gasteiger partial charge in [0.1, 0.15) is 120 Å². The molecule has 25 atom stereocenters. The molecule has 504 valence electrons.